The van der Waals surface area contributed by atoms with Crippen LogP contribution in [0.3, 0.4) is 0 Å². The number of thiophene rings is 1. The molecule has 138 valence electrons. The standard InChI is InChI=1S/C20H24N2O3S/c1-13-5-7-15(8-6-13)19(17-4-3-11-26-17)21-18(23)12-22(16-9-10-16)14(2)20(24)25/h3-8,11,14,16,19H,9-10,12H2,1-2H3,(H,21,23)(H,24,25). The first-order valence-corrected chi connectivity index (χ1v) is 9.71. The van der Waals surface area contributed by atoms with Crippen LogP contribution in [-0.2, 0) is 9.59 Å². The first-order chi connectivity index (χ1) is 12.5. The maximum atomic E-state index is 12.7. The van der Waals surface area contributed by atoms with Crippen molar-refractivity contribution in [2.75, 3.05) is 6.54 Å². The van der Waals surface area contributed by atoms with Gasteiger partial charge in [-0.25, -0.2) is 0 Å². The van der Waals surface area contributed by atoms with E-state index in [1.54, 1.807) is 23.2 Å². The fraction of sp³-hybridized carbons (Fsp3) is 0.400. The minimum absolute atomic E-state index is 0.103. The smallest absolute Gasteiger partial charge is 0.320 e. The van der Waals surface area contributed by atoms with Crippen LogP contribution in [0.1, 0.15) is 41.8 Å². The summed E-state index contributed by atoms with van der Waals surface area (Å²) in [5.74, 6) is -1.04. The normalized spacial score (nSPS) is 16.3. The van der Waals surface area contributed by atoms with Crippen molar-refractivity contribution in [1.29, 1.82) is 0 Å². The number of nitrogens with zero attached hydrogens (tertiary/aromatic N) is 1. The molecule has 2 unspecified atom stereocenters. The molecule has 1 saturated carbocycles. The molecule has 1 heterocycles. The van der Waals surface area contributed by atoms with Gasteiger partial charge in [0.2, 0.25) is 5.91 Å². The number of rotatable bonds is 8. The average molecular weight is 372 g/mol. The Bertz CT molecular complexity index is 754. The Balaban J connectivity index is 1.75. The van der Waals surface area contributed by atoms with Gasteiger partial charge < -0.3 is 10.4 Å². The molecule has 1 aromatic heterocycles. The molecule has 1 amide bonds. The Kier molecular flexibility index (Phi) is 5.74. The molecular formula is C20H24N2O3S. The van der Waals surface area contributed by atoms with Crippen molar-refractivity contribution in [2.45, 2.75) is 44.8 Å². The molecule has 1 aliphatic rings. The maximum absolute atomic E-state index is 12.7. The third kappa shape index (κ3) is 4.51. The average Bonchev–Trinajstić information content (AvgIpc) is 3.31. The van der Waals surface area contributed by atoms with Gasteiger partial charge in [-0.2, -0.15) is 0 Å². The minimum atomic E-state index is -0.891. The van der Waals surface area contributed by atoms with Crippen LogP contribution >= 0.6 is 11.3 Å². The van der Waals surface area contributed by atoms with Gasteiger partial charge in [0.25, 0.3) is 0 Å². The first kappa shape index (κ1) is 18.6. The molecule has 0 spiro atoms. The number of carbonyl (C=O) groups excluding carboxylic acids is 1. The van der Waals surface area contributed by atoms with Crippen LogP contribution < -0.4 is 5.32 Å². The first-order valence-electron chi connectivity index (χ1n) is 8.83. The number of benzene rings is 1. The fourth-order valence-electron chi connectivity index (χ4n) is 3.04. The third-order valence-electron chi connectivity index (χ3n) is 4.74. The highest BCUT2D eigenvalue weighted by atomic mass is 32.1. The molecule has 2 atom stereocenters. The van der Waals surface area contributed by atoms with Gasteiger partial charge in [0, 0.05) is 10.9 Å². The highest BCUT2D eigenvalue weighted by Gasteiger charge is 2.36. The van der Waals surface area contributed by atoms with E-state index < -0.39 is 12.0 Å². The third-order valence-corrected chi connectivity index (χ3v) is 5.68. The second-order valence-corrected chi connectivity index (χ2v) is 7.82. The van der Waals surface area contributed by atoms with E-state index in [1.165, 1.54) is 5.56 Å². The quantitative estimate of drug-likeness (QED) is 0.747. The highest BCUT2D eigenvalue weighted by Crippen LogP contribution is 2.29. The molecule has 1 aromatic carbocycles. The lowest BCUT2D eigenvalue weighted by atomic mass is 10.0. The SMILES string of the molecule is Cc1ccc(C(NC(=O)CN(C2CC2)C(C)C(=O)O)c2cccs2)cc1. The van der Waals surface area contributed by atoms with Crippen LogP contribution in [0.2, 0.25) is 0 Å². The summed E-state index contributed by atoms with van der Waals surface area (Å²) >= 11 is 1.60. The number of nitrogens with one attached hydrogen (secondary N) is 1. The number of aryl methyl sites for hydroxylation is 1. The molecule has 0 bridgehead atoms. The number of carboxylic acid groups (broad SMARTS) is 1. The Hall–Kier alpha value is -2.18. The van der Waals surface area contributed by atoms with E-state index in [1.807, 2.05) is 48.7 Å². The summed E-state index contributed by atoms with van der Waals surface area (Å²) in [6.45, 7) is 3.78. The van der Waals surface area contributed by atoms with Crippen molar-refractivity contribution in [3.8, 4) is 0 Å². The van der Waals surface area contributed by atoms with Gasteiger partial charge in [-0.05, 0) is 43.7 Å². The van der Waals surface area contributed by atoms with Gasteiger partial charge in [0.15, 0.2) is 0 Å². The van der Waals surface area contributed by atoms with Gasteiger partial charge in [-0.3, -0.25) is 14.5 Å². The van der Waals surface area contributed by atoms with Gasteiger partial charge in [0.1, 0.15) is 6.04 Å². The summed E-state index contributed by atoms with van der Waals surface area (Å²) in [6.07, 6.45) is 1.91. The summed E-state index contributed by atoms with van der Waals surface area (Å²) in [5, 5.41) is 14.4. The summed E-state index contributed by atoms with van der Waals surface area (Å²) in [6, 6.07) is 11.4. The molecule has 0 radical (unpaired) electrons. The molecule has 5 nitrogen and oxygen atoms in total. The molecule has 6 heteroatoms. The zero-order chi connectivity index (χ0) is 18.7. The maximum Gasteiger partial charge on any atom is 0.320 e. The van der Waals surface area contributed by atoms with Crippen molar-refractivity contribution >= 4 is 23.2 Å². The molecule has 2 aromatic rings. The van der Waals surface area contributed by atoms with E-state index in [9.17, 15) is 14.7 Å². The molecule has 2 N–H and O–H groups in total. The van der Waals surface area contributed by atoms with Gasteiger partial charge >= 0.3 is 5.97 Å². The Labute approximate surface area is 157 Å². The number of hydrogen-bond acceptors (Lipinski definition) is 4. The van der Waals surface area contributed by atoms with E-state index in [0.29, 0.717) is 0 Å². The Morgan fingerprint density at radius 2 is 1.96 bits per heavy atom. The Morgan fingerprint density at radius 3 is 2.50 bits per heavy atom. The minimum Gasteiger partial charge on any atom is -0.480 e. The largest absolute Gasteiger partial charge is 0.480 e. The number of carboxylic acids is 1. The summed E-state index contributed by atoms with van der Waals surface area (Å²) in [7, 11) is 0. The van der Waals surface area contributed by atoms with Gasteiger partial charge in [0.05, 0.1) is 12.6 Å². The van der Waals surface area contributed by atoms with Crippen molar-refractivity contribution in [3.63, 3.8) is 0 Å². The van der Waals surface area contributed by atoms with E-state index >= 15 is 0 Å². The van der Waals surface area contributed by atoms with Crippen LogP contribution in [0.5, 0.6) is 0 Å². The zero-order valence-electron chi connectivity index (χ0n) is 15.0. The van der Waals surface area contributed by atoms with Crippen LogP contribution in [-0.4, -0.2) is 40.5 Å². The fourth-order valence-corrected chi connectivity index (χ4v) is 3.84. The lowest BCUT2D eigenvalue weighted by Crippen LogP contribution is -2.47. The molecular weight excluding hydrogens is 348 g/mol. The lowest BCUT2D eigenvalue weighted by Gasteiger charge is -2.27. The molecule has 26 heavy (non-hydrogen) atoms. The molecule has 0 saturated heterocycles. The highest BCUT2D eigenvalue weighted by molar-refractivity contribution is 7.10. The van der Waals surface area contributed by atoms with E-state index in [2.05, 4.69) is 5.32 Å². The monoisotopic (exact) mass is 372 g/mol. The predicted molar refractivity (Wildman–Crippen MR) is 102 cm³/mol. The lowest BCUT2D eigenvalue weighted by molar-refractivity contribution is -0.143. The summed E-state index contributed by atoms with van der Waals surface area (Å²) in [5.41, 5.74) is 2.19. The molecule has 1 aliphatic carbocycles. The predicted octanol–water partition coefficient (Wildman–Crippen LogP) is 3.20. The van der Waals surface area contributed by atoms with E-state index in [-0.39, 0.29) is 24.5 Å². The van der Waals surface area contributed by atoms with E-state index in [4.69, 9.17) is 0 Å². The van der Waals surface area contributed by atoms with Crippen LogP contribution in [0.15, 0.2) is 41.8 Å². The number of aliphatic carboxylic acids is 1. The van der Waals surface area contributed by atoms with E-state index in [0.717, 1.165) is 23.3 Å². The topological polar surface area (TPSA) is 69.6 Å². The van der Waals surface area contributed by atoms with Crippen molar-refractivity contribution in [1.82, 2.24) is 10.2 Å². The Morgan fingerprint density at radius 1 is 1.27 bits per heavy atom. The number of amides is 1. The zero-order valence-corrected chi connectivity index (χ0v) is 15.8. The van der Waals surface area contributed by atoms with Gasteiger partial charge in [-0.1, -0.05) is 35.9 Å². The number of carbonyl (C=O) groups is 2. The van der Waals surface area contributed by atoms with Crippen molar-refractivity contribution in [2.24, 2.45) is 0 Å². The second-order valence-electron chi connectivity index (χ2n) is 6.84. The van der Waals surface area contributed by atoms with Crippen LogP contribution in [0.4, 0.5) is 0 Å². The van der Waals surface area contributed by atoms with Gasteiger partial charge in [-0.15, -0.1) is 11.3 Å². The molecule has 3 rings (SSSR count). The molecule has 0 aliphatic heterocycles. The molecule has 1 fully saturated rings. The second kappa shape index (κ2) is 8.01. The summed E-state index contributed by atoms with van der Waals surface area (Å²) in [4.78, 5) is 26.9. The van der Waals surface area contributed by atoms with Crippen molar-refractivity contribution in [3.05, 3.63) is 57.8 Å². The van der Waals surface area contributed by atoms with Crippen LogP contribution in [0, 0.1) is 6.92 Å². The summed E-state index contributed by atoms with van der Waals surface area (Å²) < 4.78 is 0. The van der Waals surface area contributed by atoms with Crippen molar-refractivity contribution < 1.29 is 14.7 Å². The number of hydrogen-bond donors (Lipinski definition) is 2. The van der Waals surface area contributed by atoms with Crippen LogP contribution in [0.25, 0.3) is 0 Å².